The molecule has 1 aromatic carbocycles. The topological polar surface area (TPSA) is 41.6 Å². The van der Waals surface area contributed by atoms with Crippen LogP contribution in [0.2, 0.25) is 5.28 Å². The second-order valence-corrected chi connectivity index (χ2v) is 5.10. The zero-order valence-electron chi connectivity index (χ0n) is 9.58. The third kappa shape index (κ3) is 2.09. The molecule has 0 aliphatic carbocycles. The number of benzene rings is 1. The number of aromatic amines is 1. The van der Waals surface area contributed by atoms with Gasteiger partial charge in [0, 0.05) is 5.56 Å². The van der Waals surface area contributed by atoms with E-state index in [1.165, 1.54) is 5.56 Å². The molecule has 1 aromatic heterocycles. The standard InChI is InChI=1S/C12H14ClN3/c1-12(2,3)9-7-5-4-6-8(9)10-14-11(13)16-15-10/h4-7H,1-3H3,(H,14,15,16). The van der Waals surface area contributed by atoms with Crippen LogP contribution >= 0.6 is 11.6 Å². The third-order valence-electron chi connectivity index (χ3n) is 2.43. The van der Waals surface area contributed by atoms with Crippen LogP contribution < -0.4 is 0 Å². The first-order valence-electron chi connectivity index (χ1n) is 5.16. The summed E-state index contributed by atoms with van der Waals surface area (Å²) in [5, 5.41) is 7.06. The van der Waals surface area contributed by atoms with Gasteiger partial charge in [-0.25, -0.2) is 5.10 Å². The molecule has 0 atom stereocenters. The van der Waals surface area contributed by atoms with Crippen molar-refractivity contribution in [2.75, 3.05) is 0 Å². The Labute approximate surface area is 99.9 Å². The second kappa shape index (κ2) is 3.91. The molecule has 0 aliphatic heterocycles. The minimum Gasteiger partial charge on any atom is -0.249 e. The smallest absolute Gasteiger partial charge is 0.218 e. The van der Waals surface area contributed by atoms with Gasteiger partial charge in [0.2, 0.25) is 5.28 Å². The van der Waals surface area contributed by atoms with E-state index in [1.54, 1.807) is 0 Å². The van der Waals surface area contributed by atoms with Crippen molar-refractivity contribution >= 4 is 11.6 Å². The predicted octanol–water partition coefficient (Wildman–Crippen LogP) is 3.42. The molecule has 0 fully saturated rings. The summed E-state index contributed by atoms with van der Waals surface area (Å²) in [6, 6.07) is 8.12. The van der Waals surface area contributed by atoms with Crippen LogP contribution in [0.15, 0.2) is 24.3 Å². The molecule has 0 radical (unpaired) electrons. The van der Waals surface area contributed by atoms with Gasteiger partial charge < -0.3 is 0 Å². The number of halogens is 1. The highest BCUT2D eigenvalue weighted by Gasteiger charge is 2.19. The van der Waals surface area contributed by atoms with Gasteiger partial charge in [-0.1, -0.05) is 45.0 Å². The summed E-state index contributed by atoms with van der Waals surface area (Å²) < 4.78 is 0. The van der Waals surface area contributed by atoms with Crippen molar-refractivity contribution in [2.24, 2.45) is 0 Å². The quantitative estimate of drug-likeness (QED) is 0.823. The lowest BCUT2D eigenvalue weighted by Crippen LogP contribution is -2.12. The van der Waals surface area contributed by atoms with Crippen LogP contribution in [0, 0.1) is 0 Å². The van der Waals surface area contributed by atoms with E-state index in [2.05, 4.69) is 42.0 Å². The summed E-state index contributed by atoms with van der Waals surface area (Å²) in [5.41, 5.74) is 2.30. The Balaban J connectivity index is 2.57. The SMILES string of the molecule is CC(C)(C)c1ccccc1-c1n[nH]c(Cl)n1. The van der Waals surface area contributed by atoms with Gasteiger partial charge in [0.15, 0.2) is 5.82 Å². The van der Waals surface area contributed by atoms with Gasteiger partial charge in [0.1, 0.15) is 0 Å². The predicted molar refractivity (Wildman–Crippen MR) is 65.5 cm³/mol. The molecule has 0 saturated heterocycles. The first-order valence-corrected chi connectivity index (χ1v) is 5.54. The molecule has 0 aliphatic rings. The van der Waals surface area contributed by atoms with E-state index in [9.17, 15) is 0 Å². The van der Waals surface area contributed by atoms with Gasteiger partial charge in [-0.3, -0.25) is 0 Å². The molecule has 0 spiro atoms. The maximum absolute atomic E-state index is 5.75. The lowest BCUT2D eigenvalue weighted by Gasteiger charge is -2.21. The van der Waals surface area contributed by atoms with E-state index >= 15 is 0 Å². The fourth-order valence-electron chi connectivity index (χ4n) is 1.69. The van der Waals surface area contributed by atoms with Gasteiger partial charge in [0.05, 0.1) is 0 Å². The zero-order valence-corrected chi connectivity index (χ0v) is 10.3. The molecule has 0 amide bonds. The summed E-state index contributed by atoms with van der Waals surface area (Å²) in [5.74, 6) is 0.649. The lowest BCUT2D eigenvalue weighted by atomic mass is 9.83. The number of hydrogen-bond acceptors (Lipinski definition) is 2. The van der Waals surface area contributed by atoms with Gasteiger partial charge in [-0.2, -0.15) is 10.1 Å². The Morgan fingerprint density at radius 3 is 2.44 bits per heavy atom. The molecule has 4 heteroatoms. The Kier molecular flexibility index (Phi) is 2.72. The van der Waals surface area contributed by atoms with E-state index in [4.69, 9.17) is 11.6 Å². The van der Waals surface area contributed by atoms with E-state index in [0.717, 1.165) is 5.56 Å². The molecular formula is C12H14ClN3. The van der Waals surface area contributed by atoms with Crippen molar-refractivity contribution < 1.29 is 0 Å². The number of hydrogen-bond donors (Lipinski definition) is 1. The fraction of sp³-hybridized carbons (Fsp3) is 0.333. The number of aromatic nitrogens is 3. The molecular weight excluding hydrogens is 222 g/mol. The molecule has 2 rings (SSSR count). The highest BCUT2D eigenvalue weighted by atomic mass is 35.5. The van der Waals surface area contributed by atoms with Crippen molar-refractivity contribution in [1.29, 1.82) is 0 Å². The van der Waals surface area contributed by atoms with Crippen LogP contribution in [0.25, 0.3) is 11.4 Å². The Morgan fingerprint density at radius 1 is 1.19 bits per heavy atom. The summed E-state index contributed by atoms with van der Waals surface area (Å²) in [7, 11) is 0. The van der Waals surface area contributed by atoms with Gasteiger partial charge in [-0.05, 0) is 22.6 Å². The second-order valence-electron chi connectivity index (χ2n) is 4.75. The first-order chi connectivity index (χ1) is 7.48. The van der Waals surface area contributed by atoms with Crippen molar-refractivity contribution in [2.45, 2.75) is 26.2 Å². The highest BCUT2D eigenvalue weighted by Crippen LogP contribution is 2.31. The minimum absolute atomic E-state index is 0.0592. The Bertz CT molecular complexity index is 497. The van der Waals surface area contributed by atoms with Crippen LogP contribution in [-0.2, 0) is 5.41 Å². The minimum atomic E-state index is 0.0592. The zero-order chi connectivity index (χ0) is 11.8. The van der Waals surface area contributed by atoms with Crippen LogP contribution in [0.3, 0.4) is 0 Å². The van der Waals surface area contributed by atoms with Gasteiger partial charge in [0.25, 0.3) is 0 Å². The number of H-pyrrole nitrogens is 1. The van der Waals surface area contributed by atoms with Crippen LogP contribution in [0.5, 0.6) is 0 Å². The maximum Gasteiger partial charge on any atom is 0.218 e. The third-order valence-corrected chi connectivity index (χ3v) is 2.60. The van der Waals surface area contributed by atoms with Crippen molar-refractivity contribution in [3.8, 4) is 11.4 Å². The summed E-state index contributed by atoms with van der Waals surface area (Å²) in [4.78, 5) is 4.15. The molecule has 0 saturated carbocycles. The van der Waals surface area contributed by atoms with Gasteiger partial charge in [-0.15, -0.1) is 0 Å². The monoisotopic (exact) mass is 235 g/mol. The molecule has 1 N–H and O–H groups in total. The van der Waals surface area contributed by atoms with E-state index < -0.39 is 0 Å². The summed E-state index contributed by atoms with van der Waals surface area (Å²) >= 11 is 5.75. The molecule has 0 unspecified atom stereocenters. The normalized spacial score (nSPS) is 11.8. The van der Waals surface area contributed by atoms with Crippen LogP contribution in [-0.4, -0.2) is 15.2 Å². The largest absolute Gasteiger partial charge is 0.249 e. The van der Waals surface area contributed by atoms with Gasteiger partial charge >= 0.3 is 0 Å². The summed E-state index contributed by atoms with van der Waals surface area (Å²) in [6.07, 6.45) is 0. The maximum atomic E-state index is 5.75. The number of nitrogens with one attached hydrogen (secondary N) is 1. The highest BCUT2D eigenvalue weighted by molar-refractivity contribution is 6.28. The molecule has 3 nitrogen and oxygen atoms in total. The number of rotatable bonds is 1. The molecule has 2 aromatic rings. The fourth-order valence-corrected chi connectivity index (χ4v) is 1.82. The number of nitrogens with zero attached hydrogens (tertiary/aromatic N) is 2. The average molecular weight is 236 g/mol. The first kappa shape index (κ1) is 11.1. The molecule has 0 bridgehead atoms. The van der Waals surface area contributed by atoms with Crippen LogP contribution in [0.4, 0.5) is 0 Å². The van der Waals surface area contributed by atoms with Crippen molar-refractivity contribution in [3.05, 3.63) is 35.1 Å². The summed E-state index contributed by atoms with van der Waals surface area (Å²) in [6.45, 7) is 6.50. The van der Waals surface area contributed by atoms with Crippen LogP contribution in [0.1, 0.15) is 26.3 Å². The average Bonchev–Trinajstić information content (AvgIpc) is 2.64. The van der Waals surface area contributed by atoms with E-state index in [1.807, 2.05) is 18.2 Å². The van der Waals surface area contributed by atoms with Crippen molar-refractivity contribution in [1.82, 2.24) is 15.2 Å². The van der Waals surface area contributed by atoms with Crippen molar-refractivity contribution in [3.63, 3.8) is 0 Å². The van der Waals surface area contributed by atoms with E-state index in [-0.39, 0.29) is 5.41 Å². The lowest BCUT2D eigenvalue weighted by molar-refractivity contribution is 0.591. The Morgan fingerprint density at radius 2 is 1.88 bits per heavy atom. The molecule has 1 heterocycles. The molecule has 16 heavy (non-hydrogen) atoms. The van der Waals surface area contributed by atoms with E-state index in [0.29, 0.717) is 11.1 Å². The molecule has 84 valence electrons. The Hall–Kier alpha value is -1.35.